The number of ether oxygens (including phenoxy) is 1. The molecule has 1 unspecified atom stereocenters. The monoisotopic (exact) mass is 352 g/mol. The van der Waals surface area contributed by atoms with Gasteiger partial charge in [-0.2, -0.15) is 0 Å². The summed E-state index contributed by atoms with van der Waals surface area (Å²) in [6, 6.07) is 10.2. The van der Waals surface area contributed by atoms with Crippen LogP contribution >= 0.6 is 12.4 Å². The molecule has 24 heavy (non-hydrogen) atoms. The van der Waals surface area contributed by atoms with Crippen molar-refractivity contribution in [3.8, 4) is 0 Å². The Morgan fingerprint density at radius 3 is 2.58 bits per heavy atom. The zero-order chi connectivity index (χ0) is 16.1. The number of amides is 1. The first-order valence-electron chi connectivity index (χ1n) is 8.87. The van der Waals surface area contributed by atoms with Gasteiger partial charge < -0.3 is 15.4 Å². The van der Waals surface area contributed by atoms with Crippen LogP contribution in [0.3, 0.4) is 0 Å². The molecule has 134 valence electrons. The van der Waals surface area contributed by atoms with Crippen molar-refractivity contribution in [2.45, 2.75) is 44.6 Å². The van der Waals surface area contributed by atoms with Crippen LogP contribution in [-0.2, 0) is 9.53 Å². The van der Waals surface area contributed by atoms with E-state index in [1.165, 1.54) is 19.3 Å². The second-order valence-electron chi connectivity index (χ2n) is 7.05. The van der Waals surface area contributed by atoms with Crippen LogP contribution < -0.4 is 5.73 Å². The van der Waals surface area contributed by atoms with E-state index in [0.29, 0.717) is 32.7 Å². The van der Waals surface area contributed by atoms with E-state index in [2.05, 4.69) is 12.1 Å². The van der Waals surface area contributed by atoms with Gasteiger partial charge in [0, 0.05) is 13.0 Å². The van der Waals surface area contributed by atoms with Gasteiger partial charge in [-0.3, -0.25) is 4.79 Å². The molecule has 1 heterocycles. The number of hydrogen-bond acceptors (Lipinski definition) is 3. The normalized spacial score (nSPS) is 23.4. The minimum atomic E-state index is -0.00548. The molecule has 0 radical (unpaired) electrons. The molecule has 1 amide bonds. The lowest BCUT2D eigenvalue weighted by Crippen LogP contribution is -2.45. The highest BCUT2D eigenvalue weighted by atomic mass is 35.5. The Kier molecular flexibility index (Phi) is 7.08. The molecule has 0 spiro atoms. The minimum Gasteiger partial charge on any atom is -0.370 e. The van der Waals surface area contributed by atoms with E-state index in [4.69, 9.17) is 10.5 Å². The van der Waals surface area contributed by atoms with Gasteiger partial charge in [0.2, 0.25) is 5.91 Å². The van der Waals surface area contributed by atoms with E-state index >= 15 is 0 Å². The molecule has 1 aromatic rings. The van der Waals surface area contributed by atoms with Gasteiger partial charge in [0.15, 0.2) is 0 Å². The number of nitrogens with two attached hydrogens (primary N) is 1. The highest BCUT2D eigenvalue weighted by molar-refractivity contribution is 5.85. The first-order chi connectivity index (χ1) is 11.2. The summed E-state index contributed by atoms with van der Waals surface area (Å²) in [5.74, 6) is 0.251. The second kappa shape index (κ2) is 8.84. The molecule has 4 nitrogen and oxygen atoms in total. The molecule has 1 aliphatic carbocycles. The SMILES string of the molecule is Cl.NCC1(CC(=O)N2CCOC(c3ccccc3)C2)CCCCC1. The molecule has 0 bridgehead atoms. The number of carbonyl (C=O) groups is 1. The molecule has 5 heteroatoms. The molecule has 1 saturated carbocycles. The Hall–Kier alpha value is -1.10. The van der Waals surface area contributed by atoms with Crippen LogP contribution in [0, 0.1) is 5.41 Å². The average Bonchev–Trinajstić information content (AvgIpc) is 2.63. The van der Waals surface area contributed by atoms with Gasteiger partial charge in [-0.1, -0.05) is 49.6 Å². The summed E-state index contributed by atoms with van der Waals surface area (Å²) in [4.78, 5) is 14.8. The number of hydrogen-bond donors (Lipinski definition) is 1. The zero-order valence-corrected chi connectivity index (χ0v) is 15.1. The van der Waals surface area contributed by atoms with E-state index in [9.17, 15) is 4.79 Å². The third-order valence-corrected chi connectivity index (χ3v) is 5.46. The highest BCUT2D eigenvalue weighted by Gasteiger charge is 2.35. The van der Waals surface area contributed by atoms with E-state index in [0.717, 1.165) is 18.4 Å². The van der Waals surface area contributed by atoms with Crippen molar-refractivity contribution in [3.05, 3.63) is 35.9 Å². The summed E-state index contributed by atoms with van der Waals surface area (Å²) in [5.41, 5.74) is 7.23. The van der Waals surface area contributed by atoms with Crippen LogP contribution in [0.2, 0.25) is 0 Å². The third kappa shape index (κ3) is 4.50. The summed E-state index contributed by atoms with van der Waals surface area (Å²) in [7, 11) is 0. The van der Waals surface area contributed by atoms with E-state index in [1.807, 2.05) is 23.1 Å². The molecule has 2 fully saturated rings. The summed E-state index contributed by atoms with van der Waals surface area (Å²) >= 11 is 0. The fourth-order valence-corrected chi connectivity index (χ4v) is 3.93. The largest absolute Gasteiger partial charge is 0.370 e. The molecule has 2 N–H and O–H groups in total. The molecule has 1 aliphatic heterocycles. The first kappa shape index (κ1) is 19.2. The lowest BCUT2D eigenvalue weighted by atomic mass is 9.71. The van der Waals surface area contributed by atoms with Crippen LogP contribution in [0.25, 0.3) is 0 Å². The number of halogens is 1. The van der Waals surface area contributed by atoms with E-state index in [1.54, 1.807) is 0 Å². The molecule has 2 aliphatic rings. The van der Waals surface area contributed by atoms with Crippen molar-refractivity contribution in [1.29, 1.82) is 0 Å². The minimum absolute atomic E-state index is 0. The predicted molar refractivity (Wildman–Crippen MR) is 98.2 cm³/mol. The van der Waals surface area contributed by atoms with Crippen LogP contribution in [-0.4, -0.2) is 37.0 Å². The first-order valence-corrected chi connectivity index (χ1v) is 8.87. The van der Waals surface area contributed by atoms with Crippen molar-refractivity contribution < 1.29 is 9.53 Å². The average molecular weight is 353 g/mol. The lowest BCUT2D eigenvalue weighted by molar-refractivity contribution is -0.142. The van der Waals surface area contributed by atoms with Crippen molar-refractivity contribution >= 4 is 18.3 Å². The maximum Gasteiger partial charge on any atom is 0.223 e. The standard InChI is InChI=1S/C19H28N2O2.ClH/c20-15-19(9-5-2-6-10-19)13-18(22)21-11-12-23-17(14-21)16-7-3-1-4-8-16;/h1,3-4,7-8,17H,2,5-6,9-15,20H2;1H. The number of benzene rings is 1. The Morgan fingerprint density at radius 1 is 1.21 bits per heavy atom. The second-order valence-corrected chi connectivity index (χ2v) is 7.05. The number of carbonyl (C=O) groups excluding carboxylic acids is 1. The number of rotatable bonds is 4. The summed E-state index contributed by atoms with van der Waals surface area (Å²) < 4.78 is 5.87. The molecular formula is C19H29ClN2O2. The zero-order valence-electron chi connectivity index (χ0n) is 14.3. The van der Waals surface area contributed by atoms with Crippen molar-refractivity contribution in [2.24, 2.45) is 11.1 Å². The Balaban J connectivity index is 0.00000208. The van der Waals surface area contributed by atoms with Gasteiger partial charge >= 0.3 is 0 Å². The van der Waals surface area contributed by atoms with Crippen molar-refractivity contribution in [2.75, 3.05) is 26.2 Å². The van der Waals surface area contributed by atoms with Crippen LogP contribution in [0.5, 0.6) is 0 Å². The maximum atomic E-state index is 12.8. The quantitative estimate of drug-likeness (QED) is 0.904. The molecule has 0 aromatic heterocycles. The van der Waals surface area contributed by atoms with Crippen molar-refractivity contribution in [1.82, 2.24) is 4.90 Å². The van der Waals surface area contributed by atoms with E-state index in [-0.39, 0.29) is 29.8 Å². The Morgan fingerprint density at radius 2 is 1.92 bits per heavy atom. The van der Waals surface area contributed by atoms with Gasteiger partial charge in [-0.15, -0.1) is 12.4 Å². The molecular weight excluding hydrogens is 324 g/mol. The third-order valence-electron chi connectivity index (χ3n) is 5.46. The fraction of sp³-hybridized carbons (Fsp3) is 0.632. The topological polar surface area (TPSA) is 55.6 Å². The fourth-order valence-electron chi connectivity index (χ4n) is 3.93. The Labute approximate surface area is 151 Å². The molecule has 1 atom stereocenters. The van der Waals surface area contributed by atoms with Gasteiger partial charge in [0.25, 0.3) is 0 Å². The van der Waals surface area contributed by atoms with Crippen LogP contribution in [0.15, 0.2) is 30.3 Å². The number of nitrogens with zero attached hydrogens (tertiary/aromatic N) is 1. The van der Waals surface area contributed by atoms with Crippen LogP contribution in [0.4, 0.5) is 0 Å². The van der Waals surface area contributed by atoms with Gasteiger partial charge in [0.1, 0.15) is 6.10 Å². The van der Waals surface area contributed by atoms with Crippen molar-refractivity contribution in [3.63, 3.8) is 0 Å². The maximum absolute atomic E-state index is 12.8. The molecule has 1 aromatic carbocycles. The number of morpholine rings is 1. The van der Waals surface area contributed by atoms with Crippen LogP contribution in [0.1, 0.15) is 50.2 Å². The lowest BCUT2D eigenvalue weighted by Gasteiger charge is -2.39. The highest BCUT2D eigenvalue weighted by Crippen LogP contribution is 2.39. The molecule has 3 rings (SSSR count). The van der Waals surface area contributed by atoms with Gasteiger partial charge in [-0.25, -0.2) is 0 Å². The smallest absolute Gasteiger partial charge is 0.223 e. The summed E-state index contributed by atoms with van der Waals surface area (Å²) in [5, 5.41) is 0. The predicted octanol–water partition coefficient (Wildman–Crippen LogP) is 3.31. The summed E-state index contributed by atoms with van der Waals surface area (Å²) in [6.07, 6.45) is 6.49. The van der Waals surface area contributed by atoms with E-state index < -0.39 is 0 Å². The molecule has 1 saturated heterocycles. The van der Waals surface area contributed by atoms with Gasteiger partial charge in [-0.05, 0) is 30.4 Å². The van der Waals surface area contributed by atoms with Gasteiger partial charge in [0.05, 0.1) is 13.2 Å². The Bertz CT molecular complexity index is 517. The summed E-state index contributed by atoms with van der Waals surface area (Å²) in [6.45, 7) is 2.60.